The molecule has 1 aromatic carbocycles. The average molecular weight is 242 g/mol. The minimum absolute atomic E-state index is 0.0112. The second-order valence-electron chi connectivity index (χ2n) is 4.47. The molecule has 0 atom stereocenters. The molecule has 2 aromatic rings. The number of rotatable bonds is 2. The van der Waals surface area contributed by atoms with Crippen molar-refractivity contribution in [3.63, 3.8) is 0 Å². The van der Waals surface area contributed by atoms with Crippen LogP contribution >= 0.6 is 0 Å². The third kappa shape index (κ3) is 1.79. The second kappa shape index (κ2) is 4.29. The zero-order valence-corrected chi connectivity index (χ0v) is 10.2. The molecule has 0 saturated heterocycles. The van der Waals surface area contributed by atoms with Crippen molar-refractivity contribution in [2.24, 2.45) is 0 Å². The normalized spacial score (nSPS) is 16.2. The molecule has 1 N–H and O–H groups in total. The van der Waals surface area contributed by atoms with Crippen molar-refractivity contribution >= 4 is 22.6 Å². The standard InChI is InChI=1S/C14H14N2O2/c1-9(17)15-7-6-11-3-2-10-4-5-12-14(13(10)11)18-8-16-12/h4-6,8H,2-3,7H2,1H3,(H,15,17)/b11-6-. The summed E-state index contributed by atoms with van der Waals surface area (Å²) in [6, 6.07) is 4.11. The number of carbonyl (C=O) groups is 1. The van der Waals surface area contributed by atoms with E-state index in [1.165, 1.54) is 24.5 Å². The number of hydrogen-bond acceptors (Lipinski definition) is 3. The van der Waals surface area contributed by atoms with Crippen LogP contribution in [0.2, 0.25) is 0 Å². The molecule has 1 aliphatic rings. The van der Waals surface area contributed by atoms with E-state index < -0.39 is 0 Å². The Labute approximate surface area is 105 Å². The maximum atomic E-state index is 10.9. The Morgan fingerprint density at radius 3 is 3.22 bits per heavy atom. The Hall–Kier alpha value is -2.10. The van der Waals surface area contributed by atoms with E-state index in [2.05, 4.69) is 22.4 Å². The van der Waals surface area contributed by atoms with Crippen molar-refractivity contribution in [2.45, 2.75) is 19.8 Å². The van der Waals surface area contributed by atoms with Crippen LogP contribution in [0, 0.1) is 0 Å². The first kappa shape index (κ1) is 11.0. The third-order valence-electron chi connectivity index (χ3n) is 3.27. The van der Waals surface area contributed by atoms with Gasteiger partial charge >= 0.3 is 0 Å². The van der Waals surface area contributed by atoms with Crippen LogP contribution < -0.4 is 5.32 Å². The maximum absolute atomic E-state index is 10.9. The van der Waals surface area contributed by atoms with Gasteiger partial charge in [-0.15, -0.1) is 0 Å². The highest BCUT2D eigenvalue weighted by atomic mass is 16.3. The van der Waals surface area contributed by atoms with Crippen LogP contribution in [0.1, 0.15) is 24.5 Å². The summed E-state index contributed by atoms with van der Waals surface area (Å²) >= 11 is 0. The molecule has 4 nitrogen and oxygen atoms in total. The first-order valence-corrected chi connectivity index (χ1v) is 6.04. The van der Waals surface area contributed by atoms with Gasteiger partial charge in [0.05, 0.1) is 0 Å². The Kier molecular flexibility index (Phi) is 2.63. The molecule has 0 bridgehead atoms. The fourth-order valence-electron chi connectivity index (χ4n) is 2.45. The highest BCUT2D eigenvalue weighted by molar-refractivity contribution is 5.91. The molecule has 3 rings (SSSR count). The number of allylic oxidation sites excluding steroid dienone is 1. The number of hydrogen-bond donors (Lipinski definition) is 1. The summed E-state index contributed by atoms with van der Waals surface area (Å²) in [5.41, 5.74) is 5.45. The lowest BCUT2D eigenvalue weighted by atomic mass is 10.1. The van der Waals surface area contributed by atoms with Crippen LogP contribution in [0.3, 0.4) is 0 Å². The lowest BCUT2D eigenvalue weighted by Crippen LogP contribution is -2.19. The molecule has 1 aromatic heterocycles. The average Bonchev–Trinajstić information content (AvgIpc) is 2.93. The van der Waals surface area contributed by atoms with E-state index in [0.29, 0.717) is 6.54 Å². The van der Waals surface area contributed by atoms with E-state index in [-0.39, 0.29) is 5.91 Å². The number of nitrogens with one attached hydrogen (secondary N) is 1. The highest BCUT2D eigenvalue weighted by Crippen LogP contribution is 2.37. The lowest BCUT2D eigenvalue weighted by Gasteiger charge is -2.02. The zero-order chi connectivity index (χ0) is 12.5. The Bertz CT molecular complexity index is 640. The molecule has 0 saturated carbocycles. The van der Waals surface area contributed by atoms with Crippen molar-refractivity contribution in [1.82, 2.24) is 10.3 Å². The smallest absolute Gasteiger partial charge is 0.217 e. The predicted molar refractivity (Wildman–Crippen MR) is 69.0 cm³/mol. The van der Waals surface area contributed by atoms with Crippen LogP contribution in [0.5, 0.6) is 0 Å². The fourth-order valence-corrected chi connectivity index (χ4v) is 2.45. The largest absolute Gasteiger partial charge is 0.443 e. The first-order valence-electron chi connectivity index (χ1n) is 6.04. The van der Waals surface area contributed by atoms with Gasteiger partial charge in [-0.3, -0.25) is 4.79 Å². The van der Waals surface area contributed by atoms with Gasteiger partial charge in [-0.25, -0.2) is 4.98 Å². The van der Waals surface area contributed by atoms with E-state index in [1.807, 2.05) is 6.07 Å². The van der Waals surface area contributed by atoms with Crippen LogP contribution in [-0.4, -0.2) is 17.4 Å². The molecule has 1 heterocycles. The van der Waals surface area contributed by atoms with Gasteiger partial charge in [0.2, 0.25) is 5.91 Å². The van der Waals surface area contributed by atoms with Crippen LogP contribution in [0.4, 0.5) is 0 Å². The van der Waals surface area contributed by atoms with Gasteiger partial charge < -0.3 is 9.73 Å². The van der Waals surface area contributed by atoms with E-state index in [0.717, 1.165) is 29.5 Å². The molecule has 4 heteroatoms. The van der Waals surface area contributed by atoms with Gasteiger partial charge in [-0.2, -0.15) is 0 Å². The summed E-state index contributed by atoms with van der Waals surface area (Å²) in [6.45, 7) is 2.09. The van der Waals surface area contributed by atoms with Crippen molar-refractivity contribution in [2.75, 3.05) is 6.54 Å². The van der Waals surface area contributed by atoms with Crippen molar-refractivity contribution < 1.29 is 9.21 Å². The topological polar surface area (TPSA) is 55.1 Å². The highest BCUT2D eigenvalue weighted by Gasteiger charge is 2.20. The Balaban J connectivity index is 1.99. The summed E-state index contributed by atoms with van der Waals surface area (Å²) in [6.07, 6.45) is 5.57. The fraction of sp³-hybridized carbons (Fsp3) is 0.286. The minimum Gasteiger partial charge on any atom is -0.443 e. The molecular weight excluding hydrogens is 228 g/mol. The van der Waals surface area contributed by atoms with Gasteiger partial charge in [0.1, 0.15) is 5.52 Å². The van der Waals surface area contributed by atoms with Gasteiger partial charge in [0, 0.05) is 19.0 Å². The van der Waals surface area contributed by atoms with E-state index in [9.17, 15) is 4.79 Å². The summed E-state index contributed by atoms with van der Waals surface area (Å²) < 4.78 is 5.48. The number of amides is 1. The number of carbonyl (C=O) groups excluding carboxylic acids is 1. The Morgan fingerprint density at radius 1 is 1.50 bits per heavy atom. The summed E-state index contributed by atoms with van der Waals surface area (Å²) in [5.74, 6) is -0.0112. The second-order valence-corrected chi connectivity index (χ2v) is 4.47. The number of nitrogens with zero attached hydrogens (tertiary/aromatic N) is 1. The van der Waals surface area contributed by atoms with E-state index in [1.54, 1.807) is 0 Å². The van der Waals surface area contributed by atoms with Crippen molar-refractivity contribution in [3.8, 4) is 0 Å². The first-order chi connectivity index (χ1) is 8.75. The Morgan fingerprint density at radius 2 is 2.39 bits per heavy atom. The molecule has 0 fully saturated rings. The summed E-state index contributed by atoms with van der Waals surface area (Å²) in [7, 11) is 0. The van der Waals surface area contributed by atoms with E-state index in [4.69, 9.17) is 4.42 Å². The van der Waals surface area contributed by atoms with Crippen molar-refractivity contribution in [1.29, 1.82) is 0 Å². The third-order valence-corrected chi connectivity index (χ3v) is 3.27. The van der Waals surface area contributed by atoms with Crippen LogP contribution in [0.15, 0.2) is 29.0 Å². The van der Waals surface area contributed by atoms with Crippen molar-refractivity contribution in [3.05, 3.63) is 35.7 Å². The van der Waals surface area contributed by atoms with E-state index >= 15 is 0 Å². The lowest BCUT2D eigenvalue weighted by molar-refractivity contribution is -0.118. The number of aromatic nitrogens is 1. The monoisotopic (exact) mass is 242 g/mol. The number of fused-ring (bicyclic) bond motifs is 3. The number of oxazole rings is 1. The van der Waals surface area contributed by atoms with Gasteiger partial charge in [0.25, 0.3) is 0 Å². The maximum Gasteiger partial charge on any atom is 0.217 e. The van der Waals surface area contributed by atoms with Gasteiger partial charge in [-0.1, -0.05) is 12.1 Å². The number of aryl methyl sites for hydroxylation is 1. The SMILES string of the molecule is CC(=O)NC/C=C1/CCc2ccc3ncoc3c21. The molecule has 0 spiro atoms. The molecule has 18 heavy (non-hydrogen) atoms. The quantitative estimate of drug-likeness (QED) is 0.879. The predicted octanol–water partition coefficient (Wildman–Crippen LogP) is 2.29. The van der Waals surface area contributed by atoms with Crippen LogP contribution in [-0.2, 0) is 11.2 Å². The van der Waals surface area contributed by atoms with Gasteiger partial charge in [0.15, 0.2) is 12.0 Å². The molecule has 92 valence electrons. The molecule has 0 unspecified atom stereocenters. The minimum atomic E-state index is -0.0112. The molecule has 0 radical (unpaired) electrons. The molecule has 1 aliphatic carbocycles. The zero-order valence-electron chi connectivity index (χ0n) is 10.2. The summed E-state index contributed by atoms with van der Waals surface area (Å²) in [4.78, 5) is 15.0. The van der Waals surface area contributed by atoms with Crippen LogP contribution in [0.25, 0.3) is 16.7 Å². The molecule has 0 aliphatic heterocycles. The van der Waals surface area contributed by atoms with Gasteiger partial charge in [-0.05, 0) is 30.0 Å². The molecule has 1 amide bonds. The molecular formula is C14H14N2O2. The summed E-state index contributed by atoms with van der Waals surface area (Å²) in [5, 5.41) is 2.78. The number of benzene rings is 1.